The van der Waals surface area contributed by atoms with Crippen LogP contribution in [0, 0.1) is 0 Å². The van der Waals surface area contributed by atoms with Crippen molar-refractivity contribution in [2.45, 2.75) is 56.9 Å². The van der Waals surface area contributed by atoms with E-state index < -0.39 is 15.6 Å². The molecule has 0 aliphatic rings. The highest BCUT2D eigenvalue weighted by atomic mass is 32.2. The van der Waals surface area contributed by atoms with Crippen LogP contribution >= 0.6 is 0 Å². The van der Waals surface area contributed by atoms with Crippen LogP contribution in [0.2, 0.25) is 0 Å². The second-order valence-electron chi connectivity index (χ2n) is 6.45. The molecular formula is C15H25NO3S. The first kappa shape index (κ1) is 17.1. The monoisotopic (exact) mass is 299 g/mol. The number of benzene rings is 1. The van der Waals surface area contributed by atoms with Crippen LogP contribution in [0.15, 0.2) is 29.2 Å². The summed E-state index contributed by atoms with van der Waals surface area (Å²) in [5, 5.41) is 9.32. The molecule has 1 unspecified atom stereocenters. The zero-order chi connectivity index (χ0) is 15.6. The SMILES string of the molecule is CCC(C)(CO)NS(=O)(=O)c1ccc(C(C)(C)C)cc1. The second kappa shape index (κ2) is 5.84. The molecule has 114 valence electrons. The van der Waals surface area contributed by atoms with E-state index in [4.69, 9.17) is 0 Å². The number of nitrogens with one attached hydrogen (secondary N) is 1. The fraction of sp³-hybridized carbons (Fsp3) is 0.600. The third-order valence-corrected chi connectivity index (χ3v) is 5.20. The number of hydrogen-bond donors (Lipinski definition) is 2. The minimum Gasteiger partial charge on any atom is -0.394 e. The Balaban J connectivity index is 3.05. The summed E-state index contributed by atoms with van der Waals surface area (Å²) in [5.41, 5.74) is 0.233. The van der Waals surface area contributed by atoms with Crippen LogP contribution in [-0.4, -0.2) is 25.7 Å². The van der Waals surface area contributed by atoms with Crippen LogP contribution in [0.3, 0.4) is 0 Å². The Morgan fingerprint density at radius 1 is 1.10 bits per heavy atom. The van der Waals surface area contributed by atoms with Gasteiger partial charge < -0.3 is 5.11 Å². The van der Waals surface area contributed by atoms with Crippen molar-refractivity contribution in [1.29, 1.82) is 0 Å². The minimum atomic E-state index is -3.61. The van der Waals surface area contributed by atoms with E-state index in [-0.39, 0.29) is 16.9 Å². The Hall–Kier alpha value is -0.910. The molecule has 1 aromatic carbocycles. The minimum absolute atomic E-state index is 0.0151. The molecule has 20 heavy (non-hydrogen) atoms. The van der Waals surface area contributed by atoms with Gasteiger partial charge in [0, 0.05) is 0 Å². The fourth-order valence-electron chi connectivity index (χ4n) is 1.73. The molecular weight excluding hydrogens is 274 g/mol. The van der Waals surface area contributed by atoms with Gasteiger partial charge in [0.05, 0.1) is 17.0 Å². The van der Waals surface area contributed by atoms with Gasteiger partial charge in [-0.2, -0.15) is 0 Å². The first-order valence-electron chi connectivity index (χ1n) is 6.79. The van der Waals surface area contributed by atoms with Gasteiger partial charge >= 0.3 is 0 Å². The molecule has 0 aliphatic heterocycles. The lowest BCUT2D eigenvalue weighted by Gasteiger charge is -2.27. The maximum atomic E-state index is 12.3. The molecule has 0 aliphatic carbocycles. The molecule has 0 heterocycles. The zero-order valence-corrected chi connectivity index (χ0v) is 13.7. The summed E-state index contributed by atoms with van der Waals surface area (Å²) in [4.78, 5) is 0.221. The molecule has 2 N–H and O–H groups in total. The molecule has 0 amide bonds. The van der Waals surface area contributed by atoms with Gasteiger partial charge in [0.25, 0.3) is 0 Å². The van der Waals surface area contributed by atoms with E-state index in [0.29, 0.717) is 6.42 Å². The van der Waals surface area contributed by atoms with Gasteiger partial charge in [-0.25, -0.2) is 13.1 Å². The summed E-state index contributed by atoms with van der Waals surface area (Å²) < 4.78 is 27.2. The topological polar surface area (TPSA) is 66.4 Å². The van der Waals surface area contributed by atoms with Crippen LogP contribution in [0.5, 0.6) is 0 Å². The van der Waals surface area contributed by atoms with Gasteiger partial charge in [-0.05, 0) is 36.5 Å². The first-order valence-corrected chi connectivity index (χ1v) is 8.28. The predicted molar refractivity (Wildman–Crippen MR) is 81.2 cm³/mol. The van der Waals surface area contributed by atoms with E-state index in [2.05, 4.69) is 25.5 Å². The smallest absolute Gasteiger partial charge is 0.241 e. The lowest BCUT2D eigenvalue weighted by molar-refractivity contribution is 0.191. The average Bonchev–Trinajstić information content (AvgIpc) is 2.37. The maximum Gasteiger partial charge on any atom is 0.241 e. The highest BCUT2D eigenvalue weighted by molar-refractivity contribution is 7.89. The molecule has 1 rings (SSSR count). The summed E-state index contributed by atoms with van der Waals surface area (Å²) in [6.45, 7) is 9.52. The van der Waals surface area contributed by atoms with Crippen LogP contribution in [0.25, 0.3) is 0 Å². The van der Waals surface area contributed by atoms with Crippen molar-refractivity contribution in [3.05, 3.63) is 29.8 Å². The van der Waals surface area contributed by atoms with E-state index in [1.54, 1.807) is 19.1 Å². The Morgan fingerprint density at radius 3 is 1.95 bits per heavy atom. The molecule has 0 saturated carbocycles. The lowest BCUT2D eigenvalue weighted by atomic mass is 9.87. The van der Waals surface area contributed by atoms with E-state index in [0.717, 1.165) is 5.56 Å². The summed E-state index contributed by atoms with van der Waals surface area (Å²) in [5.74, 6) is 0. The van der Waals surface area contributed by atoms with E-state index in [1.807, 2.05) is 19.1 Å². The summed E-state index contributed by atoms with van der Waals surface area (Å²) in [6, 6.07) is 6.88. The van der Waals surface area contributed by atoms with Crippen LogP contribution in [0.1, 0.15) is 46.6 Å². The third-order valence-electron chi connectivity index (χ3n) is 3.54. The van der Waals surface area contributed by atoms with E-state index in [1.165, 1.54) is 0 Å². The number of aliphatic hydroxyl groups is 1. The van der Waals surface area contributed by atoms with Gasteiger partial charge in [0.15, 0.2) is 0 Å². The molecule has 0 spiro atoms. The first-order chi connectivity index (χ1) is 9.04. The van der Waals surface area contributed by atoms with Gasteiger partial charge in [0.1, 0.15) is 0 Å². The summed E-state index contributed by atoms with van der Waals surface area (Å²) in [6.07, 6.45) is 0.517. The molecule has 0 fully saturated rings. The Labute approximate surface area is 122 Å². The van der Waals surface area contributed by atoms with E-state index in [9.17, 15) is 13.5 Å². The number of rotatable bonds is 5. The van der Waals surface area contributed by atoms with Crippen molar-refractivity contribution in [2.75, 3.05) is 6.61 Å². The molecule has 0 saturated heterocycles. The normalized spacial score (nSPS) is 15.9. The highest BCUT2D eigenvalue weighted by Gasteiger charge is 2.28. The van der Waals surface area contributed by atoms with Crippen LogP contribution in [-0.2, 0) is 15.4 Å². The van der Waals surface area contributed by atoms with Gasteiger partial charge in [-0.15, -0.1) is 0 Å². The summed E-state index contributed by atoms with van der Waals surface area (Å²) >= 11 is 0. The van der Waals surface area contributed by atoms with Crippen LogP contribution in [0.4, 0.5) is 0 Å². The Kier molecular flexibility index (Phi) is 5.00. The quantitative estimate of drug-likeness (QED) is 0.877. The predicted octanol–water partition coefficient (Wildman–Crippen LogP) is 2.42. The molecule has 0 bridgehead atoms. The zero-order valence-electron chi connectivity index (χ0n) is 12.9. The molecule has 1 atom stereocenters. The largest absolute Gasteiger partial charge is 0.394 e. The van der Waals surface area contributed by atoms with Gasteiger partial charge in [0.2, 0.25) is 10.0 Å². The third kappa shape index (κ3) is 4.04. The standard InChI is InChI=1S/C15H25NO3S/c1-6-15(5,11-17)16-20(18,19)13-9-7-12(8-10-13)14(2,3)4/h7-10,16-17H,6,11H2,1-5H3. The maximum absolute atomic E-state index is 12.3. The number of hydrogen-bond acceptors (Lipinski definition) is 3. The van der Waals surface area contributed by atoms with Crippen molar-refractivity contribution in [2.24, 2.45) is 0 Å². The van der Waals surface area contributed by atoms with E-state index >= 15 is 0 Å². The summed E-state index contributed by atoms with van der Waals surface area (Å²) in [7, 11) is -3.61. The van der Waals surface area contributed by atoms with Gasteiger partial charge in [-0.3, -0.25) is 0 Å². The Bertz CT molecular complexity index is 537. The number of sulfonamides is 1. The Morgan fingerprint density at radius 2 is 1.60 bits per heavy atom. The molecule has 4 nitrogen and oxygen atoms in total. The van der Waals surface area contributed by atoms with Crippen molar-refractivity contribution < 1.29 is 13.5 Å². The average molecular weight is 299 g/mol. The highest BCUT2D eigenvalue weighted by Crippen LogP contribution is 2.24. The molecule has 5 heteroatoms. The van der Waals surface area contributed by atoms with Crippen LogP contribution < -0.4 is 4.72 Å². The van der Waals surface area contributed by atoms with Crippen molar-refractivity contribution >= 4 is 10.0 Å². The lowest BCUT2D eigenvalue weighted by Crippen LogP contribution is -2.48. The van der Waals surface area contributed by atoms with Crippen molar-refractivity contribution in [1.82, 2.24) is 4.72 Å². The molecule has 0 aromatic heterocycles. The molecule has 0 radical (unpaired) electrons. The molecule has 1 aromatic rings. The fourth-order valence-corrected chi connectivity index (χ4v) is 3.20. The van der Waals surface area contributed by atoms with Crippen molar-refractivity contribution in [3.63, 3.8) is 0 Å². The number of aliphatic hydroxyl groups excluding tert-OH is 1. The van der Waals surface area contributed by atoms with Gasteiger partial charge in [-0.1, -0.05) is 39.8 Å². The second-order valence-corrected chi connectivity index (χ2v) is 8.13. The van der Waals surface area contributed by atoms with Crippen molar-refractivity contribution in [3.8, 4) is 0 Å².